The molecular weight excluding hydrogens is 330 g/mol. The number of rotatable bonds is 8. The summed E-state index contributed by atoms with van der Waals surface area (Å²) in [6, 6.07) is 7.33. The van der Waals surface area contributed by atoms with Gasteiger partial charge in [-0.1, -0.05) is 18.2 Å². The Morgan fingerprint density at radius 2 is 2.12 bits per heavy atom. The van der Waals surface area contributed by atoms with Crippen LogP contribution in [0, 0.1) is 6.92 Å². The van der Waals surface area contributed by atoms with Crippen molar-refractivity contribution in [3.63, 3.8) is 0 Å². The maximum atomic E-state index is 12.3. The van der Waals surface area contributed by atoms with Gasteiger partial charge in [0.05, 0.1) is 6.61 Å². The highest BCUT2D eigenvalue weighted by Crippen LogP contribution is 2.20. The summed E-state index contributed by atoms with van der Waals surface area (Å²) in [7, 11) is -2.02. The zero-order valence-corrected chi connectivity index (χ0v) is 14.9. The molecule has 0 spiro atoms. The fraction of sp³-hybridized carbons (Fsp3) is 0.562. The number of aryl methyl sites for hydroxylation is 1. The Balaban J connectivity index is 1.82. The van der Waals surface area contributed by atoms with E-state index in [1.165, 1.54) is 4.31 Å². The molecule has 1 atom stereocenters. The van der Waals surface area contributed by atoms with Crippen LogP contribution in [-0.2, 0) is 19.7 Å². The van der Waals surface area contributed by atoms with Crippen molar-refractivity contribution < 1.29 is 17.9 Å². The molecule has 0 aliphatic carbocycles. The van der Waals surface area contributed by atoms with E-state index in [4.69, 9.17) is 4.74 Å². The van der Waals surface area contributed by atoms with Crippen LogP contribution in [0.4, 0.5) is 5.69 Å². The SMILES string of the molecule is COC[C@@H]1CCCN1S(=O)(=O)NCCC(=O)Nc1ccccc1C. The molecule has 0 unspecified atom stereocenters. The molecule has 2 N–H and O–H groups in total. The van der Waals surface area contributed by atoms with Crippen LogP contribution in [0.2, 0.25) is 0 Å². The van der Waals surface area contributed by atoms with Gasteiger partial charge in [0.25, 0.3) is 10.2 Å². The minimum absolute atomic E-state index is 0.0657. The second-order valence-electron chi connectivity index (χ2n) is 5.87. The zero-order chi connectivity index (χ0) is 17.6. The lowest BCUT2D eigenvalue weighted by Crippen LogP contribution is -2.45. The van der Waals surface area contributed by atoms with Gasteiger partial charge in [-0.05, 0) is 31.4 Å². The number of benzene rings is 1. The minimum Gasteiger partial charge on any atom is -0.383 e. The first-order valence-electron chi connectivity index (χ1n) is 8.05. The maximum Gasteiger partial charge on any atom is 0.279 e. The van der Waals surface area contributed by atoms with Crippen molar-refractivity contribution in [3.05, 3.63) is 29.8 Å². The van der Waals surface area contributed by atoms with Crippen LogP contribution in [-0.4, -0.2) is 51.5 Å². The highest BCUT2D eigenvalue weighted by Gasteiger charge is 2.33. The summed E-state index contributed by atoms with van der Waals surface area (Å²) >= 11 is 0. The Labute approximate surface area is 143 Å². The van der Waals surface area contributed by atoms with Crippen LogP contribution in [0.1, 0.15) is 24.8 Å². The average molecular weight is 355 g/mol. The third-order valence-electron chi connectivity index (χ3n) is 4.05. The van der Waals surface area contributed by atoms with E-state index in [0.717, 1.165) is 24.1 Å². The van der Waals surface area contributed by atoms with E-state index in [1.807, 2.05) is 31.2 Å². The fourth-order valence-electron chi connectivity index (χ4n) is 2.79. The van der Waals surface area contributed by atoms with Crippen LogP contribution in [0.3, 0.4) is 0 Å². The number of carbonyl (C=O) groups excluding carboxylic acids is 1. The summed E-state index contributed by atoms with van der Waals surface area (Å²) in [6.45, 7) is 2.84. The Hall–Kier alpha value is -1.48. The number of amides is 1. The van der Waals surface area contributed by atoms with E-state index in [1.54, 1.807) is 7.11 Å². The topological polar surface area (TPSA) is 87.7 Å². The number of para-hydroxylation sites is 1. The molecule has 2 rings (SSSR count). The molecule has 0 radical (unpaired) electrons. The summed E-state index contributed by atoms with van der Waals surface area (Å²) in [5.74, 6) is -0.220. The number of nitrogens with one attached hydrogen (secondary N) is 2. The van der Waals surface area contributed by atoms with Crippen LogP contribution in [0.5, 0.6) is 0 Å². The average Bonchev–Trinajstić information content (AvgIpc) is 2.99. The predicted molar refractivity (Wildman–Crippen MR) is 93.0 cm³/mol. The number of methoxy groups -OCH3 is 1. The van der Waals surface area contributed by atoms with Gasteiger partial charge >= 0.3 is 0 Å². The molecule has 1 amide bonds. The Bertz CT molecular complexity index is 663. The van der Waals surface area contributed by atoms with E-state index >= 15 is 0 Å². The monoisotopic (exact) mass is 355 g/mol. The molecule has 1 aromatic rings. The maximum absolute atomic E-state index is 12.3. The second-order valence-corrected chi connectivity index (χ2v) is 7.58. The summed E-state index contributed by atoms with van der Waals surface area (Å²) < 4.78 is 33.7. The molecule has 7 nitrogen and oxygen atoms in total. The number of nitrogens with zero attached hydrogens (tertiary/aromatic N) is 1. The van der Waals surface area contributed by atoms with Crippen molar-refractivity contribution in [2.24, 2.45) is 0 Å². The molecule has 8 heteroatoms. The van der Waals surface area contributed by atoms with E-state index < -0.39 is 10.2 Å². The van der Waals surface area contributed by atoms with Crippen LogP contribution >= 0.6 is 0 Å². The van der Waals surface area contributed by atoms with Crippen molar-refractivity contribution >= 4 is 21.8 Å². The zero-order valence-electron chi connectivity index (χ0n) is 14.1. The lowest BCUT2D eigenvalue weighted by atomic mass is 10.2. The summed E-state index contributed by atoms with van der Waals surface area (Å²) in [5.41, 5.74) is 1.70. The summed E-state index contributed by atoms with van der Waals surface area (Å²) in [6.07, 6.45) is 1.70. The van der Waals surface area contributed by atoms with Gasteiger partial charge in [-0.15, -0.1) is 0 Å². The molecule has 1 saturated heterocycles. The van der Waals surface area contributed by atoms with E-state index in [2.05, 4.69) is 10.0 Å². The highest BCUT2D eigenvalue weighted by atomic mass is 32.2. The van der Waals surface area contributed by atoms with Gasteiger partial charge in [-0.25, -0.2) is 4.72 Å². The van der Waals surface area contributed by atoms with Crippen LogP contribution < -0.4 is 10.0 Å². The molecule has 0 bridgehead atoms. The number of ether oxygens (including phenoxy) is 1. The van der Waals surface area contributed by atoms with Gasteiger partial charge in [0.2, 0.25) is 5.91 Å². The number of hydrogen-bond acceptors (Lipinski definition) is 4. The standard InChI is InChI=1S/C16H25N3O4S/c1-13-6-3-4-8-15(13)18-16(20)9-10-17-24(21,22)19-11-5-7-14(19)12-23-2/h3-4,6,8,14,17H,5,7,9-12H2,1-2H3,(H,18,20)/t14-/m0/s1. The van der Waals surface area contributed by atoms with Crippen molar-refractivity contribution in [1.82, 2.24) is 9.03 Å². The third-order valence-corrected chi connectivity index (χ3v) is 5.71. The Morgan fingerprint density at radius 1 is 1.38 bits per heavy atom. The smallest absolute Gasteiger partial charge is 0.279 e. The van der Waals surface area contributed by atoms with Crippen LogP contribution in [0.25, 0.3) is 0 Å². The second kappa shape index (κ2) is 8.57. The van der Waals surface area contributed by atoms with Gasteiger partial charge in [0.1, 0.15) is 0 Å². The number of carbonyl (C=O) groups is 1. The lowest BCUT2D eigenvalue weighted by molar-refractivity contribution is -0.116. The van der Waals surface area contributed by atoms with Gasteiger partial charge in [-0.3, -0.25) is 4.79 Å². The Kier molecular flexibility index (Phi) is 6.73. The minimum atomic E-state index is -3.58. The molecule has 1 aromatic carbocycles. The molecule has 1 aliphatic heterocycles. The van der Waals surface area contributed by atoms with Gasteiger partial charge < -0.3 is 10.1 Å². The van der Waals surface area contributed by atoms with E-state index in [9.17, 15) is 13.2 Å². The first kappa shape index (κ1) is 18.9. The van der Waals surface area contributed by atoms with E-state index in [-0.39, 0.29) is 24.9 Å². The van der Waals surface area contributed by atoms with Crippen molar-refractivity contribution in [2.75, 3.05) is 32.1 Å². The fourth-order valence-corrected chi connectivity index (χ4v) is 4.24. The first-order valence-corrected chi connectivity index (χ1v) is 9.49. The third kappa shape index (κ3) is 5.01. The number of hydrogen-bond donors (Lipinski definition) is 2. The molecule has 0 saturated carbocycles. The quantitative estimate of drug-likeness (QED) is 0.735. The van der Waals surface area contributed by atoms with Gasteiger partial charge in [-0.2, -0.15) is 12.7 Å². The van der Waals surface area contributed by atoms with Crippen molar-refractivity contribution in [3.8, 4) is 0 Å². The first-order chi connectivity index (χ1) is 11.4. The van der Waals surface area contributed by atoms with Crippen molar-refractivity contribution in [1.29, 1.82) is 0 Å². The highest BCUT2D eigenvalue weighted by molar-refractivity contribution is 7.87. The normalized spacial score (nSPS) is 18.7. The molecular formula is C16H25N3O4S. The molecule has 24 heavy (non-hydrogen) atoms. The molecule has 1 aliphatic rings. The van der Waals surface area contributed by atoms with Crippen molar-refractivity contribution in [2.45, 2.75) is 32.2 Å². The molecule has 134 valence electrons. The molecule has 0 aromatic heterocycles. The van der Waals surface area contributed by atoms with E-state index in [0.29, 0.717) is 13.2 Å². The number of anilines is 1. The van der Waals surface area contributed by atoms with Gasteiger partial charge in [0.15, 0.2) is 0 Å². The van der Waals surface area contributed by atoms with Crippen LogP contribution in [0.15, 0.2) is 24.3 Å². The van der Waals surface area contributed by atoms with Gasteiger partial charge in [0, 0.05) is 38.3 Å². The molecule has 1 fully saturated rings. The summed E-state index contributed by atoms with van der Waals surface area (Å²) in [4.78, 5) is 12.0. The lowest BCUT2D eigenvalue weighted by Gasteiger charge is -2.23. The Morgan fingerprint density at radius 3 is 2.83 bits per heavy atom. The molecule has 1 heterocycles. The summed E-state index contributed by atoms with van der Waals surface area (Å²) in [5, 5.41) is 2.79. The largest absolute Gasteiger partial charge is 0.383 e. The predicted octanol–water partition coefficient (Wildman–Crippen LogP) is 1.27.